The molecule has 2 bridgehead atoms. The number of benzene rings is 1. The predicted molar refractivity (Wildman–Crippen MR) is 128 cm³/mol. The molecule has 7 heteroatoms. The molecular formula is C25H35N5O2. The minimum absolute atomic E-state index is 0.0249. The van der Waals surface area contributed by atoms with E-state index in [4.69, 9.17) is 4.74 Å². The Kier molecular flexibility index (Phi) is 5.40. The maximum atomic E-state index is 13.3. The minimum Gasteiger partial charge on any atom is -0.378 e. The highest BCUT2D eigenvalue weighted by molar-refractivity contribution is 5.97. The highest BCUT2D eigenvalue weighted by Gasteiger charge is 2.61. The average molecular weight is 438 g/mol. The van der Waals surface area contributed by atoms with E-state index < -0.39 is 0 Å². The first-order valence-corrected chi connectivity index (χ1v) is 11.9. The Bertz CT molecular complexity index is 919. The molecule has 5 rings (SSSR count). The molecule has 1 amide bonds. The van der Waals surface area contributed by atoms with E-state index in [-0.39, 0.29) is 22.8 Å². The number of carbonyl (C=O) groups excluding carboxylic acids is 1. The second-order valence-electron chi connectivity index (χ2n) is 10.3. The number of hydrogen-bond acceptors (Lipinski definition) is 6. The molecule has 1 saturated heterocycles. The SMILES string of the molecule is CC1(C)C2CCC1(C)C(NC(=O)C1=CC=NCN1Nc1ccc(N3CCOCC3)cc1)C2. The first kappa shape index (κ1) is 21.3. The summed E-state index contributed by atoms with van der Waals surface area (Å²) >= 11 is 0. The molecule has 2 aliphatic heterocycles. The van der Waals surface area contributed by atoms with Gasteiger partial charge >= 0.3 is 0 Å². The van der Waals surface area contributed by atoms with Gasteiger partial charge < -0.3 is 15.0 Å². The molecule has 3 atom stereocenters. The van der Waals surface area contributed by atoms with Crippen LogP contribution < -0.4 is 15.6 Å². The summed E-state index contributed by atoms with van der Waals surface area (Å²) in [6.45, 7) is 10.9. The lowest BCUT2D eigenvalue weighted by Gasteiger charge is -2.40. The van der Waals surface area contributed by atoms with Crippen molar-refractivity contribution in [2.75, 3.05) is 43.3 Å². The number of fused-ring (bicyclic) bond motifs is 2. The maximum Gasteiger partial charge on any atom is 0.269 e. The Morgan fingerprint density at radius 3 is 2.56 bits per heavy atom. The van der Waals surface area contributed by atoms with E-state index in [2.05, 4.69) is 65.7 Å². The van der Waals surface area contributed by atoms with Crippen LogP contribution in [0.5, 0.6) is 0 Å². The van der Waals surface area contributed by atoms with Gasteiger partial charge in [0.25, 0.3) is 5.91 Å². The van der Waals surface area contributed by atoms with Crippen molar-refractivity contribution in [3.8, 4) is 0 Å². The summed E-state index contributed by atoms with van der Waals surface area (Å²) in [5, 5.41) is 5.21. The monoisotopic (exact) mass is 437 g/mol. The number of ether oxygens (including phenoxy) is 1. The summed E-state index contributed by atoms with van der Waals surface area (Å²) in [4.78, 5) is 20.0. The van der Waals surface area contributed by atoms with Crippen molar-refractivity contribution in [2.45, 2.75) is 46.1 Å². The molecule has 32 heavy (non-hydrogen) atoms. The number of nitrogens with zero attached hydrogens (tertiary/aromatic N) is 3. The van der Waals surface area contributed by atoms with Crippen molar-refractivity contribution >= 4 is 23.5 Å². The highest BCUT2D eigenvalue weighted by atomic mass is 16.5. The number of amides is 1. The molecule has 172 valence electrons. The van der Waals surface area contributed by atoms with Crippen LogP contribution in [0.4, 0.5) is 11.4 Å². The van der Waals surface area contributed by atoms with E-state index in [9.17, 15) is 4.79 Å². The topological polar surface area (TPSA) is 69.2 Å². The van der Waals surface area contributed by atoms with Crippen LogP contribution in [0.2, 0.25) is 0 Å². The second-order valence-corrected chi connectivity index (χ2v) is 10.3. The van der Waals surface area contributed by atoms with Crippen molar-refractivity contribution in [1.82, 2.24) is 10.3 Å². The number of rotatable bonds is 5. The van der Waals surface area contributed by atoms with E-state index in [1.807, 2.05) is 5.01 Å². The van der Waals surface area contributed by atoms with Crippen LogP contribution in [0.1, 0.15) is 40.0 Å². The molecule has 2 aliphatic carbocycles. The van der Waals surface area contributed by atoms with Gasteiger partial charge in [-0.05, 0) is 66.4 Å². The fourth-order valence-corrected chi connectivity index (χ4v) is 6.09. The van der Waals surface area contributed by atoms with Crippen LogP contribution in [-0.4, -0.2) is 56.1 Å². The lowest BCUT2D eigenvalue weighted by Crippen LogP contribution is -2.49. The standard InChI is InChI=1S/C25H35N5O2/c1-24(2)18-8-10-25(24,3)22(16-18)27-23(31)21-9-11-26-17-30(21)28-19-4-6-20(7-5-19)29-12-14-32-15-13-29/h4-7,9,11,18,22,28H,8,10,12-17H2,1-3H3,(H,27,31). The number of nitrogens with one attached hydrogen (secondary N) is 2. The van der Waals surface area contributed by atoms with Gasteiger partial charge in [0.2, 0.25) is 0 Å². The van der Waals surface area contributed by atoms with Crippen LogP contribution in [-0.2, 0) is 9.53 Å². The van der Waals surface area contributed by atoms with Gasteiger partial charge in [0.1, 0.15) is 12.4 Å². The van der Waals surface area contributed by atoms with Gasteiger partial charge in [-0.2, -0.15) is 0 Å². The first-order valence-electron chi connectivity index (χ1n) is 11.9. The number of hydrazine groups is 1. The van der Waals surface area contributed by atoms with Crippen molar-refractivity contribution in [3.05, 3.63) is 36.0 Å². The summed E-state index contributed by atoms with van der Waals surface area (Å²) in [5.74, 6) is 0.669. The maximum absolute atomic E-state index is 13.3. The quantitative estimate of drug-likeness (QED) is 0.739. The molecule has 0 spiro atoms. The van der Waals surface area contributed by atoms with Gasteiger partial charge in [-0.3, -0.25) is 20.2 Å². The molecular weight excluding hydrogens is 402 g/mol. The highest BCUT2D eigenvalue weighted by Crippen LogP contribution is 2.65. The molecule has 0 aromatic heterocycles. The van der Waals surface area contributed by atoms with Crippen molar-refractivity contribution < 1.29 is 9.53 Å². The van der Waals surface area contributed by atoms with Crippen LogP contribution in [0.25, 0.3) is 0 Å². The third-order valence-corrected chi connectivity index (χ3v) is 8.69. The van der Waals surface area contributed by atoms with Crippen molar-refractivity contribution in [3.63, 3.8) is 0 Å². The van der Waals surface area contributed by atoms with E-state index in [0.717, 1.165) is 38.4 Å². The molecule has 2 heterocycles. The zero-order valence-corrected chi connectivity index (χ0v) is 19.4. The summed E-state index contributed by atoms with van der Waals surface area (Å²) in [6.07, 6.45) is 7.07. The molecule has 1 aromatic carbocycles. The lowest BCUT2D eigenvalue weighted by atomic mass is 9.69. The summed E-state index contributed by atoms with van der Waals surface area (Å²) in [5.41, 5.74) is 6.54. The van der Waals surface area contributed by atoms with Gasteiger partial charge in [-0.15, -0.1) is 0 Å². The van der Waals surface area contributed by atoms with Gasteiger partial charge in [-0.1, -0.05) is 20.8 Å². The third kappa shape index (κ3) is 3.56. The van der Waals surface area contributed by atoms with Gasteiger partial charge in [0, 0.05) is 31.0 Å². The smallest absolute Gasteiger partial charge is 0.269 e. The number of hydrogen-bond donors (Lipinski definition) is 2. The van der Waals surface area contributed by atoms with E-state index in [1.54, 1.807) is 12.3 Å². The molecule has 2 N–H and O–H groups in total. The molecule has 3 unspecified atom stereocenters. The molecule has 0 radical (unpaired) electrons. The van der Waals surface area contributed by atoms with E-state index >= 15 is 0 Å². The second kappa shape index (κ2) is 8.10. The summed E-state index contributed by atoms with van der Waals surface area (Å²) in [6, 6.07) is 8.56. The van der Waals surface area contributed by atoms with Crippen LogP contribution >= 0.6 is 0 Å². The fraction of sp³-hybridized carbons (Fsp3) is 0.600. The van der Waals surface area contributed by atoms with Gasteiger partial charge in [-0.25, -0.2) is 0 Å². The Hall–Kier alpha value is -2.54. The number of carbonyl (C=O) groups is 1. The number of allylic oxidation sites excluding steroid dienone is 1. The minimum atomic E-state index is -0.0249. The Labute approximate surface area is 190 Å². The van der Waals surface area contributed by atoms with Crippen LogP contribution in [0.3, 0.4) is 0 Å². The lowest BCUT2D eigenvalue weighted by molar-refractivity contribution is -0.120. The van der Waals surface area contributed by atoms with Gasteiger partial charge in [0.05, 0.1) is 18.9 Å². The average Bonchev–Trinajstić information content (AvgIpc) is 3.14. The van der Waals surface area contributed by atoms with E-state index in [0.29, 0.717) is 18.3 Å². The Morgan fingerprint density at radius 1 is 1.16 bits per heavy atom. The summed E-state index contributed by atoms with van der Waals surface area (Å²) < 4.78 is 5.44. The van der Waals surface area contributed by atoms with Gasteiger partial charge in [0.15, 0.2) is 0 Å². The van der Waals surface area contributed by atoms with E-state index in [1.165, 1.54) is 18.5 Å². The number of aliphatic imine (C=N–C) groups is 1. The predicted octanol–water partition coefficient (Wildman–Crippen LogP) is 3.41. The fourth-order valence-electron chi connectivity index (χ4n) is 6.09. The van der Waals surface area contributed by atoms with Crippen molar-refractivity contribution in [1.29, 1.82) is 0 Å². The zero-order chi connectivity index (χ0) is 22.3. The molecule has 2 saturated carbocycles. The van der Waals surface area contributed by atoms with Crippen LogP contribution in [0.15, 0.2) is 41.0 Å². The molecule has 3 fully saturated rings. The zero-order valence-electron chi connectivity index (χ0n) is 19.4. The third-order valence-electron chi connectivity index (χ3n) is 8.69. The molecule has 1 aromatic rings. The number of anilines is 2. The molecule has 4 aliphatic rings. The largest absolute Gasteiger partial charge is 0.378 e. The summed E-state index contributed by atoms with van der Waals surface area (Å²) in [7, 11) is 0. The number of morpholine rings is 1. The molecule has 7 nitrogen and oxygen atoms in total. The van der Waals surface area contributed by atoms with Crippen LogP contribution in [0, 0.1) is 16.7 Å². The first-order chi connectivity index (χ1) is 15.4. The Balaban J connectivity index is 1.25. The van der Waals surface area contributed by atoms with Crippen molar-refractivity contribution in [2.24, 2.45) is 21.7 Å². The Morgan fingerprint density at radius 2 is 1.91 bits per heavy atom. The normalized spacial score (nSPS) is 30.9.